The van der Waals surface area contributed by atoms with E-state index in [9.17, 15) is 9.59 Å². The molecule has 1 aromatic heterocycles. The fourth-order valence-corrected chi connectivity index (χ4v) is 4.92. The third-order valence-corrected chi connectivity index (χ3v) is 6.33. The number of fused-ring (bicyclic) bond motifs is 1. The summed E-state index contributed by atoms with van der Waals surface area (Å²) in [5.41, 5.74) is 2.13. The molecule has 2 heterocycles. The molecule has 0 N–H and O–H groups in total. The summed E-state index contributed by atoms with van der Waals surface area (Å²) in [4.78, 5) is 31.5. The quantitative estimate of drug-likeness (QED) is 0.538. The van der Waals surface area contributed by atoms with Gasteiger partial charge in [-0.1, -0.05) is 53.3 Å². The number of hydrogen-bond donors (Lipinski definition) is 0. The fraction of sp³-hybridized carbons (Fsp3) is 0.208. The van der Waals surface area contributed by atoms with Gasteiger partial charge in [-0.25, -0.2) is 9.79 Å². The van der Waals surface area contributed by atoms with Gasteiger partial charge in [0.15, 0.2) is 4.80 Å². The molecule has 0 amide bonds. The molecule has 0 unspecified atom stereocenters. The number of carbonyl (C=O) groups is 1. The minimum atomic E-state index is -0.630. The van der Waals surface area contributed by atoms with Gasteiger partial charge in [0.25, 0.3) is 5.56 Å². The summed E-state index contributed by atoms with van der Waals surface area (Å²) in [6.45, 7) is 3.74. The van der Waals surface area contributed by atoms with E-state index in [0.717, 1.165) is 5.56 Å². The van der Waals surface area contributed by atoms with Crippen molar-refractivity contribution in [1.29, 1.82) is 0 Å². The molecule has 0 saturated carbocycles. The lowest BCUT2D eigenvalue weighted by atomic mass is 9.96. The average molecular weight is 469 g/mol. The third kappa shape index (κ3) is 4.01. The van der Waals surface area contributed by atoms with Crippen LogP contribution in [0.25, 0.3) is 6.08 Å². The van der Waals surface area contributed by atoms with Crippen LogP contribution in [0.5, 0.6) is 5.75 Å². The van der Waals surface area contributed by atoms with Crippen LogP contribution in [0.15, 0.2) is 69.6 Å². The van der Waals surface area contributed by atoms with Crippen molar-refractivity contribution >= 4 is 35.0 Å². The van der Waals surface area contributed by atoms with Gasteiger partial charge in [-0.15, -0.1) is 0 Å². The van der Waals surface area contributed by atoms with E-state index < -0.39 is 12.0 Å². The van der Waals surface area contributed by atoms with E-state index in [2.05, 4.69) is 4.99 Å². The molecule has 0 spiro atoms. The number of benzene rings is 2. The molecule has 0 radical (unpaired) electrons. The molecular weight excluding hydrogens is 448 g/mol. The monoisotopic (exact) mass is 468 g/mol. The number of rotatable bonds is 5. The molecule has 1 aliphatic heterocycles. The summed E-state index contributed by atoms with van der Waals surface area (Å²) in [5, 5.41) is 0.535. The van der Waals surface area contributed by atoms with Crippen LogP contribution in [0.1, 0.15) is 31.0 Å². The second kappa shape index (κ2) is 9.14. The van der Waals surface area contributed by atoms with Crippen molar-refractivity contribution in [2.75, 3.05) is 13.7 Å². The Labute approximate surface area is 193 Å². The van der Waals surface area contributed by atoms with Crippen molar-refractivity contribution in [3.63, 3.8) is 0 Å². The third-order valence-electron chi connectivity index (χ3n) is 5.11. The summed E-state index contributed by atoms with van der Waals surface area (Å²) < 4.78 is 12.7. The maximum absolute atomic E-state index is 13.6. The van der Waals surface area contributed by atoms with Gasteiger partial charge in [-0.05, 0) is 43.7 Å². The van der Waals surface area contributed by atoms with Crippen molar-refractivity contribution in [3.05, 3.63) is 95.6 Å². The first-order chi connectivity index (χ1) is 15.4. The first-order valence-corrected chi connectivity index (χ1v) is 11.2. The van der Waals surface area contributed by atoms with Gasteiger partial charge in [-0.3, -0.25) is 9.36 Å². The molecule has 8 heteroatoms. The van der Waals surface area contributed by atoms with Crippen molar-refractivity contribution in [2.45, 2.75) is 19.9 Å². The van der Waals surface area contributed by atoms with Gasteiger partial charge in [0.2, 0.25) is 0 Å². The van der Waals surface area contributed by atoms with Crippen molar-refractivity contribution < 1.29 is 14.3 Å². The Balaban J connectivity index is 1.97. The molecular formula is C24H21ClN2O4S. The van der Waals surface area contributed by atoms with E-state index in [-0.39, 0.29) is 12.2 Å². The van der Waals surface area contributed by atoms with Crippen molar-refractivity contribution in [2.24, 2.45) is 4.99 Å². The lowest BCUT2D eigenvalue weighted by Gasteiger charge is -2.24. The Morgan fingerprint density at radius 3 is 2.69 bits per heavy atom. The topological polar surface area (TPSA) is 69.9 Å². The summed E-state index contributed by atoms with van der Waals surface area (Å²) >= 11 is 7.41. The van der Waals surface area contributed by atoms with Crippen LogP contribution in [-0.4, -0.2) is 24.3 Å². The highest BCUT2D eigenvalue weighted by molar-refractivity contribution is 7.07. The van der Waals surface area contributed by atoms with Gasteiger partial charge in [-0.2, -0.15) is 0 Å². The van der Waals surface area contributed by atoms with E-state index >= 15 is 0 Å². The molecule has 3 aromatic rings. The normalized spacial score (nSPS) is 15.9. The highest BCUT2D eigenvalue weighted by Crippen LogP contribution is 2.30. The maximum atomic E-state index is 13.6. The fourth-order valence-electron chi connectivity index (χ4n) is 3.70. The largest absolute Gasteiger partial charge is 0.496 e. The molecule has 4 rings (SSSR count). The maximum Gasteiger partial charge on any atom is 0.338 e. The number of hydrogen-bond acceptors (Lipinski definition) is 6. The molecule has 6 nitrogen and oxygen atoms in total. The summed E-state index contributed by atoms with van der Waals surface area (Å²) in [6, 6.07) is 14.0. The molecule has 0 fully saturated rings. The van der Waals surface area contributed by atoms with Gasteiger partial charge in [0.05, 0.1) is 35.6 Å². The number of halogens is 1. The van der Waals surface area contributed by atoms with Gasteiger partial charge < -0.3 is 9.47 Å². The molecule has 0 aliphatic carbocycles. The van der Waals surface area contributed by atoms with E-state index in [0.29, 0.717) is 36.9 Å². The van der Waals surface area contributed by atoms with Crippen LogP contribution in [0, 0.1) is 0 Å². The second-order valence-corrected chi connectivity index (χ2v) is 8.54. The number of nitrogens with zero attached hydrogens (tertiary/aromatic N) is 2. The summed E-state index contributed by atoms with van der Waals surface area (Å²) in [7, 11) is 1.56. The minimum absolute atomic E-state index is 0.232. The van der Waals surface area contributed by atoms with E-state index in [4.69, 9.17) is 21.1 Å². The van der Waals surface area contributed by atoms with E-state index in [1.165, 1.54) is 11.3 Å². The molecule has 1 aliphatic rings. The Morgan fingerprint density at radius 1 is 1.25 bits per heavy atom. The zero-order valence-corrected chi connectivity index (χ0v) is 19.4. The zero-order chi connectivity index (χ0) is 22.8. The van der Waals surface area contributed by atoms with Crippen LogP contribution < -0.4 is 19.6 Å². The molecule has 164 valence electrons. The predicted octanol–water partition coefficient (Wildman–Crippen LogP) is 3.46. The van der Waals surface area contributed by atoms with Crippen LogP contribution >= 0.6 is 22.9 Å². The number of allylic oxidation sites excluding steroid dienone is 1. The van der Waals surface area contributed by atoms with Crippen LogP contribution in [0.2, 0.25) is 5.02 Å². The Kier molecular flexibility index (Phi) is 6.30. The summed E-state index contributed by atoms with van der Waals surface area (Å²) in [5.74, 6) is 0.122. The molecule has 1 atom stereocenters. The SMILES string of the molecule is CCOC(=O)C1=C(C)N=c2s/c(=C\c3cc(Cl)ccc3OC)c(=O)n2[C@H]1c1ccccc1. The van der Waals surface area contributed by atoms with E-state index in [1.54, 1.807) is 49.8 Å². The van der Waals surface area contributed by atoms with Crippen LogP contribution in [0.4, 0.5) is 0 Å². The van der Waals surface area contributed by atoms with Gasteiger partial charge >= 0.3 is 5.97 Å². The zero-order valence-electron chi connectivity index (χ0n) is 17.8. The highest BCUT2D eigenvalue weighted by atomic mass is 35.5. The van der Waals surface area contributed by atoms with Crippen molar-refractivity contribution in [1.82, 2.24) is 4.57 Å². The number of carbonyl (C=O) groups excluding carboxylic acids is 1. The lowest BCUT2D eigenvalue weighted by molar-refractivity contribution is -0.139. The number of ether oxygens (including phenoxy) is 2. The molecule has 0 bridgehead atoms. The predicted molar refractivity (Wildman–Crippen MR) is 125 cm³/mol. The van der Waals surface area contributed by atoms with Crippen LogP contribution in [-0.2, 0) is 9.53 Å². The van der Waals surface area contributed by atoms with Gasteiger partial charge in [0, 0.05) is 10.6 Å². The first-order valence-electron chi connectivity index (χ1n) is 10.0. The van der Waals surface area contributed by atoms with Crippen LogP contribution in [0.3, 0.4) is 0 Å². The summed E-state index contributed by atoms with van der Waals surface area (Å²) in [6.07, 6.45) is 1.74. The smallest absolute Gasteiger partial charge is 0.338 e. The lowest BCUT2D eigenvalue weighted by Crippen LogP contribution is -2.39. The average Bonchev–Trinajstić information content (AvgIpc) is 3.08. The first kappa shape index (κ1) is 22.0. The highest BCUT2D eigenvalue weighted by Gasteiger charge is 2.33. The Hall–Kier alpha value is -3.16. The molecule has 0 saturated heterocycles. The standard InChI is InChI=1S/C24H21ClN2O4S/c1-4-31-23(29)20-14(2)26-24-27(21(20)15-8-6-5-7-9-15)22(28)19(32-24)13-16-12-17(25)10-11-18(16)30-3/h5-13,21H,4H2,1-3H3/b19-13-/t21-/m0/s1. The number of methoxy groups -OCH3 is 1. The Bertz CT molecular complexity index is 1390. The number of thiazole rings is 1. The minimum Gasteiger partial charge on any atom is -0.496 e. The van der Waals surface area contributed by atoms with Gasteiger partial charge in [0.1, 0.15) is 5.75 Å². The number of esters is 1. The van der Waals surface area contributed by atoms with E-state index in [1.807, 2.05) is 30.3 Å². The Morgan fingerprint density at radius 2 is 2.00 bits per heavy atom. The van der Waals surface area contributed by atoms with Crippen molar-refractivity contribution in [3.8, 4) is 5.75 Å². The second-order valence-electron chi connectivity index (χ2n) is 7.10. The molecule has 2 aromatic carbocycles. The molecule has 32 heavy (non-hydrogen) atoms. The number of aromatic nitrogens is 1.